The lowest BCUT2D eigenvalue weighted by Gasteiger charge is -2.16. The first-order valence-corrected chi connectivity index (χ1v) is 7.17. The Morgan fingerprint density at radius 3 is 2.64 bits per heavy atom. The molecular weight excluding hydrogens is 302 g/mol. The minimum Gasteiger partial charge on any atom is -0.313 e. The van der Waals surface area contributed by atoms with E-state index in [0.717, 1.165) is 17.4 Å². The maximum Gasteiger partial charge on any atom is 0.290 e. The van der Waals surface area contributed by atoms with Gasteiger partial charge in [-0.05, 0) is 36.0 Å². The Balaban J connectivity index is 1.89. The van der Waals surface area contributed by atoms with Crippen LogP contribution >= 0.6 is 11.8 Å². The molecule has 0 unspecified atom stereocenters. The highest BCUT2D eigenvalue weighted by Gasteiger charge is 2.25. The summed E-state index contributed by atoms with van der Waals surface area (Å²) in [4.78, 5) is 37.4. The van der Waals surface area contributed by atoms with Gasteiger partial charge in [0.15, 0.2) is 0 Å². The third-order valence-corrected chi connectivity index (χ3v) is 3.75. The highest BCUT2D eigenvalue weighted by atomic mass is 32.2. The SMILES string of the molecule is CN(c1ccncc1)c1nccc(/C=C2/SC(=O)NC2=O)n1. The number of imide groups is 1. The standard InChI is InChI=1S/C14H11N5O2S/c1-19(10-3-5-15-6-4-10)13-16-7-2-9(17-13)8-11-12(20)18-14(21)22-11/h2-8H,1H3,(H,18,20,21)/b11-8+. The minimum absolute atomic E-state index is 0.321. The van der Waals surface area contributed by atoms with Gasteiger partial charge >= 0.3 is 0 Å². The zero-order valence-corrected chi connectivity index (χ0v) is 12.4. The largest absolute Gasteiger partial charge is 0.313 e. The van der Waals surface area contributed by atoms with E-state index in [9.17, 15) is 9.59 Å². The third-order valence-electron chi connectivity index (χ3n) is 2.94. The fourth-order valence-electron chi connectivity index (χ4n) is 1.84. The third kappa shape index (κ3) is 2.96. The van der Waals surface area contributed by atoms with Crippen molar-refractivity contribution in [2.75, 3.05) is 11.9 Å². The quantitative estimate of drug-likeness (QED) is 0.866. The maximum absolute atomic E-state index is 11.5. The topological polar surface area (TPSA) is 88.1 Å². The van der Waals surface area contributed by atoms with Gasteiger partial charge in [0.25, 0.3) is 11.1 Å². The Labute approximate surface area is 130 Å². The first-order chi connectivity index (χ1) is 10.6. The minimum atomic E-state index is -0.405. The average Bonchev–Trinajstić information content (AvgIpc) is 2.85. The molecule has 0 radical (unpaired) electrons. The molecule has 1 saturated heterocycles. The lowest BCUT2D eigenvalue weighted by Crippen LogP contribution is -2.17. The van der Waals surface area contributed by atoms with Gasteiger partial charge in [0, 0.05) is 31.3 Å². The number of anilines is 2. The van der Waals surface area contributed by atoms with E-state index >= 15 is 0 Å². The summed E-state index contributed by atoms with van der Waals surface area (Å²) in [7, 11) is 1.84. The van der Waals surface area contributed by atoms with Crippen LogP contribution in [0.2, 0.25) is 0 Å². The molecule has 1 aliphatic heterocycles. The van der Waals surface area contributed by atoms with Gasteiger partial charge < -0.3 is 4.90 Å². The van der Waals surface area contributed by atoms with Crippen molar-refractivity contribution in [2.45, 2.75) is 0 Å². The lowest BCUT2D eigenvalue weighted by atomic mass is 10.3. The Hall–Kier alpha value is -2.74. The fraction of sp³-hybridized carbons (Fsp3) is 0.0714. The first kappa shape index (κ1) is 14.2. The molecule has 2 aromatic rings. The van der Waals surface area contributed by atoms with Crippen LogP contribution in [-0.2, 0) is 4.79 Å². The number of amides is 2. The summed E-state index contributed by atoms with van der Waals surface area (Å²) in [6.45, 7) is 0. The van der Waals surface area contributed by atoms with Gasteiger partial charge in [0.2, 0.25) is 5.95 Å². The lowest BCUT2D eigenvalue weighted by molar-refractivity contribution is -0.115. The molecule has 22 heavy (non-hydrogen) atoms. The highest BCUT2D eigenvalue weighted by Crippen LogP contribution is 2.25. The van der Waals surface area contributed by atoms with Crippen molar-refractivity contribution in [3.63, 3.8) is 0 Å². The number of nitrogens with zero attached hydrogens (tertiary/aromatic N) is 4. The molecule has 110 valence electrons. The number of thioether (sulfide) groups is 1. The molecule has 0 aromatic carbocycles. The van der Waals surface area contributed by atoms with Crippen LogP contribution in [0, 0.1) is 0 Å². The molecule has 0 aliphatic carbocycles. The first-order valence-electron chi connectivity index (χ1n) is 6.35. The van der Waals surface area contributed by atoms with Crippen molar-refractivity contribution in [1.29, 1.82) is 0 Å². The number of hydrogen-bond donors (Lipinski definition) is 1. The van der Waals surface area contributed by atoms with Gasteiger partial charge in [-0.2, -0.15) is 0 Å². The van der Waals surface area contributed by atoms with Gasteiger partial charge in [-0.3, -0.25) is 19.9 Å². The van der Waals surface area contributed by atoms with E-state index in [-0.39, 0.29) is 5.24 Å². The summed E-state index contributed by atoms with van der Waals surface area (Å²) in [5.41, 5.74) is 1.45. The molecule has 1 N–H and O–H groups in total. The fourth-order valence-corrected chi connectivity index (χ4v) is 2.51. The second-order valence-corrected chi connectivity index (χ2v) is 5.41. The molecule has 0 atom stereocenters. The molecule has 0 spiro atoms. The van der Waals surface area contributed by atoms with Gasteiger partial charge in [-0.1, -0.05) is 0 Å². The van der Waals surface area contributed by atoms with E-state index in [0.29, 0.717) is 16.5 Å². The number of rotatable bonds is 3. The Morgan fingerprint density at radius 1 is 1.18 bits per heavy atom. The van der Waals surface area contributed by atoms with Crippen LogP contribution in [0.5, 0.6) is 0 Å². The van der Waals surface area contributed by atoms with Crippen LogP contribution in [0.25, 0.3) is 6.08 Å². The molecule has 8 heteroatoms. The molecule has 2 aromatic heterocycles. The molecule has 2 amide bonds. The summed E-state index contributed by atoms with van der Waals surface area (Å²) in [5.74, 6) is 0.0768. The van der Waals surface area contributed by atoms with Gasteiger partial charge in [-0.25, -0.2) is 9.97 Å². The van der Waals surface area contributed by atoms with Crippen molar-refractivity contribution in [3.05, 3.63) is 47.4 Å². The van der Waals surface area contributed by atoms with E-state index < -0.39 is 5.91 Å². The van der Waals surface area contributed by atoms with E-state index in [1.165, 1.54) is 0 Å². The van der Waals surface area contributed by atoms with Crippen LogP contribution < -0.4 is 10.2 Å². The zero-order chi connectivity index (χ0) is 15.5. The van der Waals surface area contributed by atoms with E-state index in [1.807, 2.05) is 19.2 Å². The molecule has 3 heterocycles. The number of carbonyl (C=O) groups excluding carboxylic acids is 2. The van der Waals surface area contributed by atoms with Gasteiger partial charge in [0.1, 0.15) is 0 Å². The summed E-state index contributed by atoms with van der Waals surface area (Å²) in [5, 5.41) is 1.83. The number of hydrogen-bond acceptors (Lipinski definition) is 7. The molecule has 3 rings (SSSR count). The van der Waals surface area contributed by atoms with Crippen molar-refractivity contribution in [2.24, 2.45) is 0 Å². The average molecular weight is 313 g/mol. The molecular formula is C14H11N5O2S. The summed E-state index contributed by atoms with van der Waals surface area (Å²) < 4.78 is 0. The molecule has 0 bridgehead atoms. The van der Waals surface area contributed by atoms with Gasteiger partial charge in [0.05, 0.1) is 10.6 Å². The Kier molecular flexibility index (Phi) is 3.84. The zero-order valence-electron chi connectivity index (χ0n) is 11.6. The van der Waals surface area contributed by atoms with Crippen LogP contribution in [0.3, 0.4) is 0 Å². The van der Waals surface area contributed by atoms with Crippen LogP contribution in [-0.4, -0.2) is 33.1 Å². The smallest absolute Gasteiger partial charge is 0.290 e. The monoisotopic (exact) mass is 313 g/mol. The van der Waals surface area contributed by atoms with Crippen LogP contribution in [0.4, 0.5) is 16.4 Å². The van der Waals surface area contributed by atoms with E-state index in [4.69, 9.17) is 0 Å². The summed E-state index contributed by atoms with van der Waals surface area (Å²) in [6, 6.07) is 5.36. The Morgan fingerprint density at radius 2 is 1.95 bits per heavy atom. The van der Waals surface area contributed by atoms with Gasteiger partial charge in [-0.15, -0.1) is 0 Å². The second kappa shape index (κ2) is 5.94. The van der Waals surface area contributed by atoms with Crippen LogP contribution in [0.1, 0.15) is 5.69 Å². The predicted molar refractivity (Wildman–Crippen MR) is 83.4 cm³/mol. The molecule has 0 saturated carbocycles. The predicted octanol–water partition coefficient (Wildman–Crippen LogP) is 1.96. The maximum atomic E-state index is 11.5. The molecule has 7 nitrogen and oxygen atoms in total. The molecule has 1 fully saturated rings. The van der Waals surface area contributed by atoms with E-state index in [1.54, 1.807) is 35.6 Å². The number of pyridine rings is 1. The highest BCUT2D eigenvalue weighted by molar-refractivity contribution is 8.18. The Bertz CT molecular complexity index is 763. The summed E-state index contributed by atoms with van der Waals surface area (Å²) >= 11 is 0.858. The normalized spacial score (nSPS) is 16.0. The summed E-state index contributed by atoms with van der Waals surface area (Å²) in [6.07, 6.45) is 6.54. The van der Waals surface area contributed by atoms with Crippen LogP contribution in [0.15, 0.2) is 41.7 Å². The van der Waals surface area contributed by atoms with Crippen molar-refractivity contribution < 1.29 is 9.59 Å². The number of nitrogens with one attached hydrogen (secondary N) is 1. The van der Waals surface area contributed by atoms with E-state index in [2.05, 4.69) is 20.3 Å². The van der Waals surface area contributed by atoms with Crippen molar-refractivity contribution in [1.82, 2.24) is 20.3 Å². The molecule has 1 aliphatic rings. The van der Waals surface area contributed by atoms with Crippen molar-refractivity contribution >= 4 is 40.6 Å². The van der Waals surface area contributed by atoms with Crippen molar-refractivity contribution in [3.8, 4) is 0 Å². The second-order valence-electron chi connectivity index (χ2n) is 4.40. The number of carbonyl (C=O) groups is 2. The number of aromatic nitrogens is 3.